The summed E-state index contributed by atoms with van der Waals surface area (Å²) >= 11 is 0. The number of carboxylic acids is 1. The van der Waals surface area contributed by atoms with Crippen molar-refractivity contribution in [3.05, 3.63) is 18.1 Å². The molecule has 1 aromatic rings. The first-order valence-corrected chi connectivity index (χ1v) is 5.16. The van der Waals surface area contributed by atoms with Crippen LogP contribution in [0.25, 0.3) is 0 Å². The maximum atomic E-state index is 10.5. The molecule has 0 amide bonds. The highest BCUT2D eigenvalue weighted by atomic mass is 16.5. The maximum Gasteiger partial charge on any atom is 0.356 e. The van der Waals surface area contributed by atoms with Gasteiger partial charge in [0.15, 0.2) is 5.69 Å². The minimum Gasteiger partial charge on any atom is -0.476 e. The van der Waals surface area contributed by atoms with E-state index >= 15 is 0 Å². The van der Waals surface area contributed by atoms with Crippen LogP contribution in [0.4, 0.5) is 5.82 Å². The quantitative estimate of drug-likeness (QED) is 0.784. The Balaban J connectivity index is 1.87. The van der Waals surface area contributed by atoms with Gasteiger partial charge in [0.1, 0.15) is 5.82 Å². The molecule has 1 aromatic heterocycles. The lowest BCUT2D eigenvalue weighted by molar-refractivity contribution is 0.0690. The fourth-order valence-electron chi connectivity index (χ4n) is 1.55. The van der Waals surface area contributed by atoms with E-state index in [2.05, 4.69) is 15.3 Å². The van der Waals surface area contributed by atoms with Crippen molar-refractivity contribution < 1.29 is 14.6 Å². The number of nitrogens with one attached hydrogen (secondary N) is 1. The normalized spacial score (nSPS) is 19.6. The molecule has 1 aliphatic heterocycles. The van der Waals surface area contributed by atoms with E-state index in [-0.39, 0.29) is 11.8 Å². The van der Waals surface area contributed by atoms with Crippen LogP contribution in [0.15, 0.2) is 12.4 Å². The van der Waals surface area contributed by atoms with Gasteiger partial charge in [-0.15, -0.1) is 0 Å². The first kappa shape index (κ1) is 10.8. The summed E-state index contributed by atoms with van der Waals surface area (Å²) in [5.74, 6) is -0.501. The molecule has 2 rings (SSSR count). The van der Waals surface area contributed by atoms with Crippen molar-refractivity contribution in [2.24, 2.45) is 0 Å². The summed E-state index contributed by atoms with van der Waals surface area (Å²) in [6.07, 6.45) is 5.02. The summed E-state index contributed by atoms with van der Waals surface area (Å²) in [6.45, 7) is 1.50. The molecule has 1 aliphatic rings. The standard InChI is InChI=1S/C10H13N3O3/c14-10(15)8-5-13-9(6-11-8)12-4-7-2-1-3-16-7/h5-7H,1-4H2,(H,12,13)(H,14,15)/t7-/m1/s1. The summed E-state index contributed by atoms with van der Waals surface area (Å²) < 4.78 is 5.43. The van der Waals surface area contributed by atoms with Crippen LogP contribution in [-0.4, -0.2) is 40.3 Å². The van der Waals surface area contributed by atoms with Gasteiger partial charge in [0, 0.05) is 13.2 Å². The number of nitrogens with zero attached hydrogens (tertiary/aromatic N) is 2. The Morgan fingerprint density at radius 2 is 2.44 bits per heavy atom. The van der Waals surface area contributed by atoms with Crippen LogP contribution in [0.3, 0.4) is 0 Å². The van der Waals surface area contributed by atoms with Gasteiger partial charge in [0.2, 0.25) is 0 Å². The van der Waals surface area contributed by atoms with Gasteiger partial charge in [0.05, 0.1) is 18.5 Å². The average molecular weight is 223 g/mol. The predicted molar refractivity (Wildman–Crippen MR) is 56.5 cm³/mol. The molecule has 0 bridgehead atoms. The lowest BCUT2D eigenvalue weighted by Gasteiger charge is -2.10. The molecule has 1 fully saturated rings. The van der Waals surface area contributed by atoms with Crippen molar-refractivity contribution in [1.29, 1.82) is 0 Å². The van der Waals surface area contributed by atoms with E-state index in [9.17, 15) is 4.79 Å². The molecule has 0 radical (unpaired) electrons. The van der Waals surface area contributed by atoms with E-state index < -0.39 is 5.97 Å². The van der Waals surface area contributed by atoms with Gasteiger partial charge in [0.25, 0.3) is 0 Å². The Hall–Kier alpha value is -1.69. The van der Waals surface area contributed by atoms with Crippen LogP contribution in [0, 0.1) is 0 Å². The third kappa shape index (κ3) is 2.66. The fourth-order valence-corrected chi connectivity index (χ4v) is 1.55. The molecule has 6 nitrogen and oxygen atoms in total. The predicted octanol–water partition coefficient (Wildman–Crippen LogP) is 0.766. The van der Waals surface area contributed by atoms with Gasteiger partial charge in [-0.3, -0.25) is 0 Å². The van der Waals surface area contributed by atoms with Crippen molar-refractivity contribution in [3.63, 3.8) is 0 Å². The minimum atomic E-state index is -1.07. The third-order valence-corrected chi connectivity index (χ3v) is 2.41. The zero-order valence-corrected chi connectivity index (χ0v) is 8.72. The van der Waals surface area contributed by atoms with Crippen LogP contribution in [0.1, 0.15) is 23.3 Å². The molecular formula is C10H13N3O3. The SMILES string of the molecule is O=C(O)c1cnc(NC[C@H]2CCCO2)cn1. The van der Waals surface area contributed by atoms with Crippen LogP contribution in [0.2, 0.25) is 0 Å². The van der Waals surface area contributed by atoms with Crippen LogP contribution < -0.4 is 5.32 Å². The van der Waals surface area contributed by atoms with Crippen molar-refractivity contribution in [1.82, 2.24) is 9.97 Å². The molecule has 6 heteroatoms. The Morgan fingerprint density at radius 1 is 1.56 bits per heavy atom. The molecule has 0 aliphatic carbocycles. The zero-order chi connectivity index (χ0) is 11.4. The van der Waals surface area contributed by atoms with Crippen molar-refractivity contribution >= 4 is 11.8 Å². The van der Waals surface area contributed by atoms with Crippen LogP contribution in [0.5, 0.6) is 0 Å². The van der Waals surface area contributed by atoms with Gasteiger partial charge in [-0.05, 0) is 12.8 Å². The van der Waals surface area contributed by atoms with E-state index in [0.29, 0.717) is 12.4 Å². The van der Waals surface area contributed by atoms with Gasteiger partial charge in [-0.2, -0.15) is 0 Å². The third-order valence-electron chi connectivity index (χ3n) is 2.41. The molecule has 0 aromatic carbocycles. The maximum absolute atomic E-state index is 10.5. The number of rotatable bonds is 4. The largest absolute Gasteiger partial charge is 0.476 e. The number of carbonyl (C=O) groups is 1. The summed E-state index contributed by atoms with van der Waals surface area (Å²) in [6, 6.07) is 0. The Morgan fingerprint density at radius 3 is 3.00 bits per heavy atom. The van der Waals surface area contributed by atoms with E-state index in [1.807, 2.05) is 0 Å². The van der Waals surface area contributed by atoms with Gasteiger partial charge in [-0.25, -0.2) is 14.8 Å². The summed E-state index contributed by atoms with van der Waals surface area (Å²) in [5, 5.41) is 11.7. The zero-order valence-electron chi connectivity index (χ0n) is 8.72. The molecule has 0 spiro atoms. The number of aromatic nitrogens is 2. The molecule has 2 heterocycles. The second kappa shape index (κ2) is 4.89. The molecule has 1 saturated heterocycles. The number of aromatic carboxylic acids is 1. The molecule has 86 valence electrons. The molecular weight excluding hydrogens is 210 g/mol. The average Bonchev–Trinajstić information content (AvgIpc) is 2.80. The Kier molecular flexibility index (Phi) is 3.31. The van der Waals surface area contributed by atoms with Crippen LogP contribution >= 0.6 is 0 Å². The van der Waals surface area contributed by atoms with E-state index in [4.69, 9.17) is 9.84 Å². The second-order valence-electron chi connectivity index (χ2n) is 3.61. The second-order valence-corrected chi connectivity index (χ2v) is 3.61. The summed E-state index contributed by atoms with van der Waals surface area (Å²) in [5.41, 5.74) is -0.0531. The summed E-state index contributed by atoms with van der Waals surface area (Å²) in [4.78, 5) is 18.2. The number of ether oxygens (including phenoxy) is 1. The van der Waals surface area contributed by atoms with Crippen LogP contribution in [-0.2, 0) is 4.74 Å². The number of anilines is 1. The molecule has 0 unspecified atom stereocenters. The number of hydrogen-bond donors (Lipinski definition) is 2. The van der Waals surface area contributed by atoms with Gasteiger partial charge in [-0.1, -0.05) is 0 Å². The Labute approximate surface area is 92.7 Å². The highest BCUT2D eigenvalue weighted by Crippen LogP contribution is 2.12. The lowest BCUT2D eigenvalue weighted by atomic mass is 10.2. The highest BCUT2D eigenvalue weighted by Gasteiger charge is 2.15. The van der Waals surface area contributed by atoms with Gasteiger partial charge >= 0.3 is 5.97 Å². The van der Waals surface area contributed by atoms with E-state index in [1.54, 1.807) is 0 Å². The van der Waals surface area contributed by atoms with Crippen molar-refractivity contribution in [3.8, 4) is 0 Å². The van der Waals surface area contributed by atoms with Crippen molar-refractivity contribution in [2.45, 2.75) is 18.9 Å². The highest BCUT2D eigenvalue weighted by molar-refractivity contribution is 5.84. The number of carboxylic acid groups (broad SMARTS) is 1. The molecule has 0 saturated carbocycles. The van der Waals surface area contributed by atoms with Gasteiger partial charge < -0.3 is 15.2 Å². The first-order valence-electron chi connectivity index (χ1n) is 5.16. The van der Waals surface area contributed by atoms with E-state index in [1.165, 1.54) is 12.4 Å². The molecule has 1 atom stereocenters. The van der Waals surface area contributed by atoms with Crippen molar-refractivity contribution in [2.75, 3.05) is 18.5 Å². The van der Waals surface area contributed by atoms with E-state index in [0.717, 1.165) is 19.4 Å². The lowest BCUT2D eigenvalue weighted by Crippen LogP contribution is -2.19. The topological polar surface area (TPSA) is 84.3 Å². The first-order chi connectivity index (χ1) is 7.75. The molecule has 2 N–H and O–H groups in total. The smallest absolute Gasteiger partial charge is 0.356 e. The Bertz CT molecular complexity index is 360. The monoisotopic (exact) mass is 223 g/mol. The fraction of sp³-hybridized carbons (Fsp3) is 0.500. The molecule has 16 heavy (non-hydrogen) atoms. The summed E-state index contributed by atoms with van der Waals surface area (Å²) in [7, 11) is 0. The number of hydrogen-bond acceptors (Lipinski definition) is 5. The minimum absolute atomic E-state index is 0.0531.